The number of amides is 1. The number of thioether (sulfide) groups is 1. The predicted octanol–water partition coefficient (Wildman–Crippen LogP) is 6.34. The molecule has 1 unspecified atom stereocenters. The Morgan fingerprint density at radius 2 is 1.68 bits per heavy atom. The average molecular weight is 492 g/mol. The van der Waals surface area contributed by atoms with Crippen LogP contribution in [0.2, 0.25) is 0 Å². The summed E-state index contributed by atoms with van der Waals surface area (Å²) in [5.74, 6) is -0.195. The standard InChI is InChI=1S/C25H18BrNO3S/c1-14-3-8-17(9-4-14)27-22(15-5-10-18(31-2)11-6-15)21-23(28)19-13-16(26)7-12-20(19)30-24(21)25(27)29/h3-13,22H,1-2H3. The van der Waals surface area contributed by atoms with E-state index in [-0.39, 0.29) is 17.1 Å². The summed E-state index contributed by atoms with van der Waals surface area (Å²) in [4.78, 5) is 29.9. The predicted molar refractivity (Wildman–Crippen MR) is 128 cm³/mol. The van der Waals surface area contributed by atoms with Gasteiger partial charge in [-0.3, -0.25) is 14.5 Å². The number of rotatable bonds is 3. The SMILES string of the molecule is CSc1ccc(C2c3c(oc4ccc(Br)cc4c3=O)C(=O)N2c2ccc(C)cc2)cc1. The number of carbonyl (C=O) groups excluding carboxylic acids is 1. The number of aryl methyl sites for hydroxylation is 1. The highest BCUT2D eigenvalue weighted by Gasteiger charge is 2.43. The van der Waals surface area contributed by atoms with Crippen LogP contribution < -0.4 is 10.3 Å². The summed E-state index contributed by atoms with van der Waals surface area (Å²) in [5.41, 5.74) is 3.30. The molecule has 3 aromatic carbocycles. The molecule has 0 saturated heterocycles. The first-order valence-corrected chi connectivity index (χ1v) is 11.8. The van der Waals surface area contributed by atoms with Crippen LogP contribution in [0, 0.1) is 6.92 Å². The van der Waals surface area contributed by atoms with Crippen LogP contribution in [0.1, 0.15) is 33.3 Å². The van der Waals surface area contributed by atoms with Gasteiger partial charge in [0.25, 0.3) is 5.91 Å². The van der Waals surface area contributed by atoms with Crippen LogP contribution in [0.3, 0.4) is 0 Å². The van der Waals surface area contributed by atoms with Crippen LogP contribution in [0.5, 0.6) is 0 Å². The molecule has 31 heavy (non-hydrogen) atoms. The van der Waals surface area contributed by atoms with Gasteiger partial charge in [-0.05, 0) is 61.2 Å². The Labute approximate surface area is 192 Å². The average Bonchev–Trinajstić information content (AvgIpc) is 3.07. The molecule has 0 N–H and O–H groups in total. The molecule has 0 spiro atoms. The molecule has 4 nitrogen and oxygen atoms in total. The lowest BCUT2D eigenvalue weighted by molar-refractivity contribution is 0.0971. The fourth-order valence-corrected chi connectivity index (χ4v) is 4.79. The maximum atomic E-state index is 13.6. The van der Waals surface area contributed by atoms with Gasteiger partial charge in [0.2, 0.25) is 5.76 Å². The van der Waals surface area contributed by atoms with Gasteiger partial charge in [-0.2, -0.15) is 0 Å². The van der Waals surface area contributed by atoms with Crippen molar-refractivity contribution in [1.29, 1.82) is 0 Å². The molecule has 5 rings (SSSR count). The van der Waals surface area contributed by atoms with E-state index in [0.717, 1.165) is 26.2 Å². The number of anilines is 1. The highest BCUT2D eigenvalue weighted by Crippen LogP contribution is 2.41. The number of hydrogen-bond acceptors (Lipinski definition) is 4. The van der Waals surface area contributed by atoms with E-state index in [1.54, 1.807) is 34.9 Å². The number of fused-ring (bicyclic) bond motifs is 2. The summed E-state index contributed by atoms with van der Waals surface area (Å²) in [6.07, 6.45) is 2.01. The number of halogens is 1. The van der Waals surface area contributed by atoms with Crippen molar-refractivity contribution >= 4 is 50.3 Å². The van der Waals surface area contributed by atoms with E-state index in [4.69, 9.17) is 4.42 Å². The highest BCUT2D eigenvalue weighted by atomic mass is 79.9. The summed E-state index contributed by atoms with van der Waals surface area (Å²) >= 11 is 5.08. The molecular weight excluding hydrogens is 474 g/mol. The quantitative estimate of drug-likeness (QED) is 0.314. The lowest BCUT2D eigenvalue weighted by Crippen LogP contribution is -2.29. The summed E-state index contributed by atoms with van der Waals surface area (Å²) in [6.45, 7) is 2.00. The van der Waals surface area contributed by atoms with Crippen molar-refractivity contribution in [2.24, 2.45) is 0 Å². The molecule has 154 valence electrons. The molecule has 0 fully saturated rings. The van der Waals surface area contributed by atoms with E-state index in [0.29, 0.717) is 16.5 Å². The van der Waals surface area contributed by atoms with Crippen LogP contribution in [0.25, 0.3) is 11.0 Å². The Balaban J connectivity index is 1.79. The summed E-state index contributed by atoms with van der Waals surface area (Å²) in [5, 5.41) is 0.456. The summed E-state index contributed by atoms with van der Waals surface area (Å²) in [6, 6.07) is 20.4. The largest absolute Gasteiger partial charge is 0.450 e. The second-order valence-corrected chi connectivity index (χ2v) is 9.30. The zero-order valence-corrected chi connectivity index (χ0v) is 19.3. The van der Waals surface area contributed by atoms with Crippen LogP contribution >= 0.6 is 27.7 Å². The van der Waals surface area contributed by atoms with Crippen molar-refractivity contribution in [3.63, 3.8) is 0 Å². The van der Waals surface area contributed by atoms with Gasteiger partial charge >= 0.3 is 0 Å². The van der Waals surface area contributed by atoms with E-state index >= 15 is 0 Å². The number of benzene rings is 3. The van der Waals surface area contributed by atoms with Gasteiger partial charge < -0.3 is 4.42 Å². The normalized spacial score (nSPS) is 15.5. The maximum absolute atomic E-state index is 13.6. The molecule has 0 radical (unpaired) electrons. The Bertz CT molecular complexity index is 1380. The molecule has 4 aromatic rings. The van der Waals surface area contributed by atoms with Crippen molar-refractivity contribution < 1.29 is 9.21 Å². The molecule has 2 heterocycles. The van der Waals surface area contributed by atoms with Gasteiger partial charge in [0.05, 0.1) is 17.0 Å². The van der Waals surface area contributed by atoms with E-state index in [1.165, 1.54) is 0 Å². The lowest BCUT2D eigenvalue weighted by atomic mass is 9.98. The fourth-order valence-electron chi connectivity index (χ4n) is 4.02. The zero-order chi connectivity index (χ0) is 21.7. The van der Waals surface area contributed by atoms with E-state index in [9.17, 15) is 9.59 Å². The Morgan fingerprint density at radius 1 is 0.968 bits per heavy atom. The fraction of sp³-hybridized carbons (Fsp3) is 0.120. The topological polar surface area (TPSA) is 50.5 Å². The number of nitrogens with zero attached hydrogens (tertiary/aromatic N) is 1. The van der Waals surface area contributed by atoms with Crippen LogP contribution in [-0.2, 0) is 0 Å². The molecule has 1 aliphatic heterocycles. The first-order valence-electron chi connectivity index (χ1n) is 9.78. The Morgan fingerprint density at radius 3 is 2.35 bits per heavy atom. The molecule has 0 bridgehead atoms. The Kier molecular flexibility index (Phi) is 4.99. The van der Waals surface area contributed by atoms with Gasteiger partial charge in [0, 0.05) is 15.1 Å². The molecule has 0 aliphatic carbocycles. The van der Waals surface area contributed by atoms with E-state index in [1.807, 2.05) is 61.7 Å². The lowest BCUT2D eigenvalue weighted by Gasteiger charge is -2.25. The zero-order valence-electron chi connectivity index (χ0n) is 16.9. The third-order valence-electron chi connectivity index (χ3n) is 5.58. The van der Waals surface area contributed by atoms with E-state index < -0.39 is 6.04 Å². The number of hydrogen-bond donors (Lipinski definition) is 0. The molecule has 6 heteroatoms. The second kappa shape index (κ2) is 7.70. The van der Waals surface area contributed by atoms with Crippen molar-refractivity contribution in [1.82, 2.24) is 0 Å². The minimum atomic E-state index is -0.555. The van der Waals surface area contributed by atoms with Gasteiger partial charge in [0.1, 0.15) is 5.58 Å². The van der Waals surface area contributed by atoms with Crippen LogP contribution in [0.4, 0.5) is 5.69 Å². The molecule has 0 saturated carbocycles. The maximum Gasteiger partial charge on any atom is 0.295 e. The third kappa shape index (κ3) is 3.30. The highest BCUT2D eigenvalue weighted by molar-refractivity contribution is 9.10. The molecular formula is C25H18BrNO3S. The van der Waals surface area contributed by atoms with E-state index in [2.05, 4.69) is 15.9 Å². The van der Waals surface area contributed by atoms with Crippen LogP contribution in [0.15, 0.2) is 85.3 Å². The first-order chi connectivity index (χ1) is 15.0. The molecule has 1 atom stereocenters. The molecule has 1 aliphatic rings. The van der Waals surface area contributed by atoms with Crippen molar-refractivity contribution in [3.05, 3.63) is 104 Å². The van der Waals surface area contributed by atoms with Gasteiger partial charge in [-0.1, -0.05) is 45.8 Å². The Hall–Kier alpha value is -2.83. The van der Waals surface area contributed by atoms with Crippen molar-refractivity contribution in [2.75, 3.05) is 11.2 Å². The smallest absolute Gasteiger partial charge is 0.295 e. The third-order valence-corrected chi connectivity index (χ3v) is 6.81. The summed E-state index contributed by atoms with van der Waals surface area (Å²) in [7, 11) is 0. The number of carbonyl (C=O) groups is 1. The first kappa shape index (κ1) is 20.1. The van der Waals surface area contributed by atoms with Crippen molar-refractivity contribution in [3.8, 4) is 0 Å². The monoisotopic (exact) mass is 491 g/mol. The van der Waals surface area contributed by atoms with Gasteiger partial charge in [0.15, 0.2) is 5.43 Å². The van der Waals surface area contributed by atoms with Gasteiger partial charge in [-0.25, -0.2) is 0 Å². The summed E-state index contributed by atoms with van der Waals surface area (Å²) < 4.78 is 6.79. The minimum absolute atomic E-state index is 0.111. The minimum Gasteiger partial charge on any atom is -0.450 e. The van der Waals surface area contributed by atoms with Gasteiger partial charge in [-0.15, -0.1) is 11.8 Å². The second-order valence-electron chi connectivity index (χ2n) is 7.50. The van der Waals surface area contributed by atoms with Crippen molar-refractivity contribution in [2.45, 2.75) is 17.9 Å². The molecule has 1 amide bonds. The molecule has 1 aromatic heterocycles. The van der Waals surface area contributed by atoms with Crippen LogP contribution in [-0.4, -0.2) is 12.2 Å².